The molecule has 1 aromatic carbocycles. The number of allylic oxidation sites excluding steroid dienone is 6. The third kappa shape index (κ3) is 7.99. The molecular formula is C22H29NOS. The van der Waals surface area contributed by atoms with Crippen LogP contribution < -0.4 is 5.73 Å². The van der Waals surface area contributed by atoms with E-state index in [1.807, 2.05) is 32.1 Å². The van der Waals surface area contributed by atoms with E-state index in [1.54, 1.807) is 17.5 Å². The minimum atomic E-state index is 0.306. The van der Waals surface area contributed by atoms with Crippen molar-refractivity contribution in [3.63, 3.8) is 0 Å². The van der Waals surface area contributed by atoms with Crippen LogP contribution in [0.4, 0.5) is 0 Å². The summed E-state index contributed by atoms with van der Waals surface area (Å²) in [5, 5.41) is 10.9. The molecule has 3 N–H and O–H groups in total. The first-order valence-electron chi connectivity index (χ1n) is 8.54. The number of phenols is 1. The fourth-order valence-corrected chi connectivity index (χ4v) is 2.67. The summed E-state index contributed by atoms with van der Waals surface area (Å²) in [6, 6.07) is 7.37. The summed E-state index contributed by atoms with van der Waals surface area (Å²) in [7, 11) is 0. The molecule has 0 amide bonds. The smallest absolute Gasteiger partial charge is 0.115 e. The van der Waals surface area contributed by atoms with E-state index in [9.17, 15) is 5.11 Å². The number of hydrogen-bond acceptors (Lipinski definition) is 3. The van der Waals surface area contributed by atoms with E-state index in [4.69, 9.17) is 18.0 Å². The van der Waals surface area contributed by atoms with Crippen molar-refractivity contribution in [2.24, 2.45) is 5.73 Å². The number of aromatic hydroxyl groups is 1. The van der Waals surface area contributed by atoms with E-state index in [2.05, 4.69) is 19.6 Å². The first-order chi connectivity index (χ1) is 11.8. The van der Waals surface area contributed by atoms with Gasteiger partial charge in [0.25, 0.3) is 0 Å². The second-order valence-corrected chi connectivity index (χ2v) is 6.74. The largest absolute Gasteiger partial charge is 0.508 e. The van der Waals surface area contributed by atoms with Crippen LogP contribution in [0.1, 0.15) is 45.6 Å². The first-order valence-corrected chi connectivity index (χ1v) is 9.01. The van der Waals surface area contributed by atoms with Gasteiger partial charge < -0.3 is 10.8 Å². The SMILES string of the molecule is C=C(CCCc1ccc(O)cc1)CC(N)=C(C)C=C(C)C(C)=CC=S. The quantitative estimate of drug-likeness (QED) is 0.255. The number of thiocarbonyl (C=S) groups is 1. The highest BCUT2D eigenvalue weighted by Crippen LogP contribution is 2.19. The van der Waals surface area contributed by atoms with Crippen LogP contribution in [0.25, 0.3) is 0 Å². The van der Waals surface area contributed by atoms with E-state index in [0.29, 0.717) is 5.75 Å². The van der Waals surface area contributed by atoms with Gasteiger partial charge in [-0.2, -0.15) is 0 Å². The van der Waals surface area contributed by atoms with Crippen LogP contribution in [-0.4, -0.2) is 10.5 Å². The maximum atomic E-state index is 9.30. The highest BCUT2D eigenvalue weighted by Gasteiger charge is 2.02. The molecule has 0 atom stereocenters. The summed E-state index contributed by atoms with van der Waals surface area (Å²) in [4.78, 5) is 0. The van der Waals surface area contributed by atoms with Gasteiger partial charge in [-0.15, -0.1) is 0 Å². The molecule has 0 aliphatic rings. The topological polar surface area (TPSA) is 46.2 Å². The Balaban J connectivity index is 2.54. The summed E-state index contributed by atoms with van der Waals surface area (Å²) in [6.45, 7) is 10.3. The summed E-state index contributed by atoms with van der Waals surface area (Å²) in [5.41, 5.74) is 12.9. The minimum Gasteiger partial charge on any atom is -0.508 e. The van der Waals surface area contributed by atoms with Crippen LogP contribution in [0.5, 0.6) is 5.75 Å². The molecule has 25 heavy (non-hydrogen) atoms. The Morgan fingerprint density at radius 2 is 1.80 bits per heavy atom. The molecule has 1 rings (SSSR count). The zero-order valence-electron chi connectivity index (χ0n) is 15.5. The summed E-state index contributed by atoms with van der Waals surface area (Å²) >= 11 is 4.86. The highest BCUT2D eigenvalue weighted by molar-refractivity contribution is 7.79. The summed E-state index contributed by atoms with van der Waals surface area (Å²) in [5.74, 6) is 0.306. The second kappa shape index (κ2) is 10.7. The number of aryl methyl sites for hydroxylation is 1. The maximum absolute atomic E-state index is 9.30. The molecule has 0 spiro atoms. The van der Waals surface area contributed by atoms with E-state index >= 15 is 0 Å². The Kier molecular flexibility index (Phi) is 8.93. The number of hydrogen-bond donors (Lipinski definition) is 2. The lowest BCUT2D eigenvalue weighted by molar-refractivity contribution is 0.475. The van der Waals surface area contributed by atoms with Crippen molar-refractivity contribution in [3.05, 3.63) is 76.5 Å². The normalized spacial score (nSPS) is 13.4. The van der Waals surface area contributed by atoms with Crippen LogP contribution >= 0.6 is 12.2 Å². The number of phenolic OH excluding ortho intramolecular Hbond substituents is 1. The number of nitrogens with two attached hydrogens (primary N) is 1. The third-order valence-electron chi connectivity index (χ3n) is 4.25. The average Bonchev–Trinajstić information content (AvgIpc) is 2.56. The van der Waals surface area contributed by atoms with Gasteiger partial charge in [0.1, 0.15) is 5.75 Å². The van der Waals surface area contributed by atoms with Crippen molar-refractivity contribution in [1.82, 2.24) is 0 Å². The third-order valence-corrected chi connectivity index (χ3v) is 4.39. The van der Waals surface area contributed by atoms with E-state index in [1.165, 1.54) is 11.1 Å². The molecule has 0 saturated carbocycles. The van der Waals surface area contributed by atoms with Gasteiger partial charge in [-0.25, -0.2) is 0 Å². The molecule has 0 saturated heterocycles. The van der Waals surface area contributed by atoms with Crippen molar-refractivity contribution < 1.29 is 5.11 Å². The van der Waals surface area contributed by atoms with Gasteiger partial charge in [0, 0.05) is 17.5 Å². The molecular weight excluding hydrogens is 326 g/mol. The number of rotatable bonds is 9. The highest BCUT2D eigenvalue weighted by atomic mass is 32.1. The van der Waals surface area contributed by atoms with Crippen LogP contribution in [0.15, 0.2) is 71.0 Å². The Morgan fingerprint density at radius 3 is 2.40 bits per heavy atom. The van der Waals surface area contributed by atoms with Gasteiger partial charge >= 0.3 is 0 Å². The minimum absolute atomic E-state index is 0.306. The van der Waals surface area contributed by atoms with Crippen molar-refractivity contribution in [2.45, 2.75) is 46.5 Å². The monoisotopic (exact) mass is 355 g/mol. The number of benzene rings is 1. The molecule has 1 aromatic rings. The lowest BCUT2D eigenvalue weighted by atomic mass is 9.99. The van der Waals surface area contributed by atoms with Crippen molar-refractivity contribution >= 4 is 17.6 Å². The Morgan fingerprint density at radius 1 is 1.16 bits per heavy atom. The van der Waals surface area contributed by atoms with Crippen molar-refractivity contribution in [1.29, 1.82) is 0 Å². The summed E-state index contributed by atoms with van der Waals surface area (Å²) < 4.78 is 0. The fraction of sp³-hybridized carbons (Fsp3) is 0.318. The van der Waals surface area contributed by atoms with Crippen LogP contribution in [0.2, 0.25) is 0 Å². The van der Waals surface area contributed by atoms with E-state index in [-0.39, 0.29) is 0 Å². The van der Waals surface area contributed by atoms with E-state index < -0.39 is 0 Å². The van der Waals surface area contributed by atoms with Gasteiger partial charge in [0.2, 0.25) is 0 Å². The molecule has 0 unspecified atom stereocenters. The van der Waals surface area contributed by atoms with Gasteiger partial charge in [0.05, 0.1) is 0 Å². The van der Waals surface area contributed by atoms with Crippen LogP contribution in [0.3, 0.4) is 0 Å². The maximum Gasteiger partial charge on any atom is 0.115 e. The Hall–Kier alpha value is -2.13. The van der Waals surface area contributed by atoms with E-state index in [0.717, 1.165) is 48.1 Å². The second-order valence-electron chi connectivity index (χ2n) is 6.47. The molecule has 0 bridgehead atoms. The molecule has 0 aliphatic carbocycles. The Labute approximate surface area is 157 Å². The molecule has 0 heterocycles. The average molecular weight is 356 g/mol. The molecule has 0 aliphatic heterocycles. The van der Waals surface area contributed by atoms with Gasteiger partial charge in [-0.05, 0) is 80.5 Å². The molecule has 134 valence electrons. The molecule has 0 fully saturated rings. The lowest BCUT2D eigenvalue weighted by Gasteiger charge is -2.09. The fourth-order valence-electron chi connectivity index (χ4n) is 2.47. The van der Waals surface area contributed by atoms with Crippen molar-refractivity contribution in [3.8, 4) is 5.75 Å². The molecule has 0 radical (unpaired) electrons. The van der Waals surface area contributed by atoms with Gasteiger partial charge in [-0.3, -0.25) is 0 Å². The molecule has 0 aromatic heterocycles. The zero-order chi connectivity index (χ0) is 18.8. The summed E-state index contributed by atoms with van der Waals surface area (Å²) in [6.07, 6.45) is 7.70. The van der Waals surface area contributed by atoms with Crippen LogP contribution in [0, 0.1) is 0 Å². The standard InChI is InChI=1S/C22H29NOS/c1-16(6-5-7-20-8-10-21(24)11-9-20)14-22(23)19(4)15-18(3)17(2)12-13-25/h8-13,15,24H,1,5-7,14,23H2,2-4H3. The van der Waals surface area contributed by atoms with Crippen molar-refractivity contribution in [2.75, 3.05) is 0 Å². The Bertz CT molecular complexity index is 693. The van der Waals surface area contributed by atoms with Gasteiger partial charge in [-0.1, -0.05) is 42.6 Å². The van der Waals surface area contributed by atoms with Gasteiger partial charge in [0.15, 0.2) is 0 Å². The predicted octanol–water partition coefficient (Wildman–Crippen LogP) is 5.79. The predicted molar refractivity (Wildman–Crippen MR) is 113 cm³/mol. The lowest BCUT2D eigenvalue weighted by Crippen LogP contribution is -2.02. The first kappa shape index (κ1) is 20.9. The molecule has 2 nitrogen and oxygen atoms in total. The van der Waals surface area contributed by atoms with Crippen LogP contribution in [-0.2, 0) is 6.42 Å². The molecule has 3 heteroatoms. The zero-order valence-corrected chi connectivity index (χ0v) is 16.3.